The lowest BCUT2D eigenvalue weighted by atomic mass is 10.1. The second-order valence-corrected chi connectivity index (χ2v) is 5.63. The van der Waals surface area contributed by atoms with Crippen LogP contribution in [0, 0.1) is 5.82 Å². The Kier molecular flexibility index (Phi) is 7.81. The summed E-state index contributed by atoms with van der Waals surface area (Å²) in [4.78, 5) is 25.1. The van der Waals surface area contributed by atoms with Crippen LogP contribution in [0.5, 0.6) is 0 Å². The number of nitrogens with one attached hydrogen (secondary N) is 2. The molecule has 0 spiro atoms. The molecule has 1 atom stereocenters. The summed E-state index contributed by atoms with van der Waals surface area (Å²) >= 11 is 5.86. The molecule has 1 rings (SSSR count). The van der Waals surface area contributed by atoms with E-state index < -0.39 is 5.82 Å². The minimum Gasteiger partial charge on any atom is -0.359 e. The summed E-state index contributed by atoms with van der Waals surface area (Å²) in [6.07, 6.45) is 1.69. The van der Waals surface area contributed by atoms with Crippen molar-refractivity contribution in [1.29, 1.82) is 0 Å². The zero-order valence-corrected chi connectivity index (χ0v) is 14.4. The van der Waals surface area contributed by atoms with Gasteiger partial charge in [0, 0.05) is 33.1 Å². The largest absolute Gasteiger partial charge is 0.359 e. The Bertz CT molecular complexity index is 554. The molecule has 1 aromatic carbocycles. The number of benzene rings is 1. The molecule has 5 nitrogen and oxygen atoms in total. The third-order valence-corrected chi connectivity index (χ3v) is 4.21. The molecular weight excluding hydrogens is 321 g/mol. The number of hydrogen-bond donors (Lipinski definition) is 2. The van der Waals surface area contributed by atoms with Gasteiger partial charge in [0.1, 0.15) is 5.82 Å². The molecular formula is C16H23ClFN3O2. The number of hydrogen-bond acceptors (Lipinski definition) is 2. The van der Waals surface area contributed by atoms with E-state index in [1.54, 1.807) is 31.1 Å². The lowest BCUT2D eigenvalue weighted by Crippen LogP contribution is -2.43. The number of carbonyl (C=O) groups excluding carboxylic acids is 2. The van der Waals surface area contributed by atoms with Gasteiger partial charge in [-0.3, -0.25) is 4.79 Å². The van der Waals surface area contributed by atoms with Crippen LogP contribution in [0.2, 0.25) is 5.02 Å². The number of rotatable bonds is 7. The molecule has 0 aliphatic carbocycles. The molecule has 3 amide bonds. The van der Waals surface area contributed by atoms with Crippen LogP contribution in [0.3, 0.4) is 0 Å². The Hall–Kier alpha value is -1.82. The van der Waals surface area contributed by atoms with Crippen molar-refractivity contribution in [2.24, 2.45) is 0 Å². The number of amides is 3. The predicted octanol–water partition coefficient (Wildman–Crippen LogP) is 2.93. The minimum atomic E-state index is -0.510. The zero-order valence-electron chi connectivity index (χ0n) is 13.7. The molecule has 0 aliphatic rings. The maximum atomic E-state index is 13.4. The standard InChI is InChI=1S/C16H23ClFN3O2/c1-4-12(8-9-14(22)19-2)21(3)16(23)20-10-11-6-5-7-13(18)15(11)17/h5-7,12H,4,8-10H2,1-3H3,(H,19,22)(H,20,23). The van der Waals surface area contributed by atoms with E-state index in [2.05, 4.69) is 10.6 Å². The monoisotopic (exact) mass is 343 g/mol. The zero-order chi connectivity index (χ0) is 17.4. The third-order valence-electron chi connectivity index (χ3n) is 3.78. The molecule has 2 N–H and O–H groups in total. The van der Waals surface area contributed by atoms with Crippen LogP contribution in [0.25, 0.3) is 0 Å². The maximum Gasteiger partial charge on any atom is 0.317 e. The number of nitrogens with zero attached hydrogens (tertiary/aromatic N) is 1. The summed E-state index contributed by atoms with van der Waals surface area (Å²) in [7, 11) is 3.27. The van der Waals surface area contributed by atoms with Gasteiger partial charge in [0.05, 0.1) is 5.02 Å². The lowest BCUT2D eigenvalue weighted by Gasteiger charge is -2.27. The lowest BCUT2D eigenvalue weighted by molar-refractivity contribution is -0.120. The van der Waals surface area contributed by atoms with Crippen molar-refractivity contribution in [3.63, 3.8) is 0 Å². The average Bonchev–Trinajstić information content (AvgIpc) is 2.55. The highest BCUT2D eigenvalue weighted by Gasteiger charge is 2.19. The summed E-state index contributed by atoms with van der Waals surface area (Å²) in [5.74, 6) is -0.562. The van der Waals surface area contributed by atoms with E-state index in [4.69, 9.17) is 11.6 Å². The van der Waals surface area contributed by atoms with E-state index in [-0.39, 0.29) is 29.5 Å². The van der Waals surface area contributed by atoms with Gasteiger partial charge in [-0.05, 0) is 24.5 Å². The Morgan fingerprint density at radius 2 is 2.09 bits per heavy atom. The smallest absolute Gasteiger partial charge is 0.317 e. The van der Waals surface area contributed by atoms with Crippen molar-refractivity contribution >= 4 is 23.5 Å². The Labute approximate surface area is 141 Å². The molecule has 0 aromatic heterocycles. The highest BCUT2D eigenvalue weighted by atomic mass is 35.5. The number of urea groups is 1. The Morgan fingerprint density at radius 3 is 2.70 bits per heavy atom. The topological polar surface area (TPSA) is 61.4 Å². The van der Waals surface area contributed by atoms with Crippen LogP contribution in [-0.4, -0.2) is 37.0 Å². The molecule has 0 aliphatic heterocycles. The van der Waals surface area contributed by atoms with E-state index in [0.29, 0.717) is 18.4 Å². The molecule has 0 radical (unpaired) electrons. The van der Waals surface area contributed by atoms with Gasteiger partial charge in [0.2, 0.25) is 5.91 Å². The van der Waals surface area contributed by atoms with Crippen molar-refractivity contribution in [2.75, 3.05) is 14.1 Å². The molecule has 1 aromatic rings. The fraction of sp³-hybridized carbons (Fsp3) is 0.500. The van der Waals surface area contributed by atoms with E-state index in [9.17, 15) is 14.0 Å². The van der Waals surface area contributed by atoms with Gasteiger partial charge in [-0.15, -0.1) is 0 Å². The average molecular weight is 344 g/mol. The highest BCUT2D eigenvalue weighted by Crippen LogP contribution is 2.19. The van der Waals surface area contributed by atoms with Crippen LogP contribution < -0.4 is 10.6 Å². The summed E-state index contributed by atoms with van der Waals surface area (Å²) in [5, 5.41) is 5.30. The van der Waals surface area contributed by atoms with Crippen LogP contribution in [0.15, 0.2) is 18.2 Å². The quantitative estimate of drug-likeness (QED) is 0.799. The maximum absolute atomic E-state index is 13.4. The fourth-order valence-corrected chi connectivity index (χ4v) is 2.43. The highest BCUT2D eigenvalue weighted by molar-refractivity contribution is 6.31. The van der Waals surface area contributed by atoms with Crippen LogP contribution in [0.1, 0.15) is 31.7 Å². The molecule has 7 heteroatoms. The van der Waals surface area contributed by atoms with Crippen LogP contribution in [0.4, 0.5) is 9.18 Å². The molecule has 0 fully saturated rings. The molecule has 0 bridgehead atoms. The van der Waals surface area contributed by atoms with Gasteiger partial charge in [-0.25, -0.2) is 9.18 Å². The molecule has 1 unspecified atom stereocenters. The van der Waals surface area contributed by atoms with Gasteiger partial charge >= 0.3 is 6.03 Å². The first-order valence-electron chi connectivity index (χ1n) is 7.54. The SMILES string of the molecule is CCC(CCC(=O)NC)N(C)C(=O)NCc1cccc(F)c1Cl. The Balaban J connectivity index is 2.57. The van der Waals surface area contributed by atoms with Crippen molar-refractivity contribution in [2.45, 2.75) is 38.8 Å². The van der Waals surface area contributed by atoms with E-state index in [1.807, 2.05) is 6.92 Å². The third kappa shape index (κ3) is 5.71. The molecule has 0 heterocycles. The van der Waals surface area contributed by atoms with Gasteiger partial charge in [-0.2, -0.15) is 0 Å². The van der Waals surface area contributed by atoms with Gasteiger partial charge < -0.3 is 15.5 Å². The van der Waals surface area contributed by atoms with Gasteiger partial charge in [-0.1, -0.05) is 30.7 Å². The van der Waals surface area contributed by atoms with E-state index in [1.165, 1.54) is 6.07 Å². The minimum absolute atomic E-state index is 0.0158. The van der Waals surface area contributed by atoms with Gasteiger partial charge in [0.15, 0.2) is 0 Å². The Morgan fingerprint density at radius 1 is 1.39 bits per heavy atom. The summed E-state index contributed by atoms with van der Waals surface area (Å²) < 4.78 is 13.4. The van der Waals surface area contributed by atoms with Crippen LogP contribution in [-0.2, 0) is 11.3 Å². The van der Waals surface area contributed by atoms with Crippen molar-refractivity contribution in [1.82, 2.24) is 15.5 Å². The second-order valence-electron chi connectivity index (χ2n) is 5.26. The molecule has 128 valence electrons. The first kappa shape index (κ1) is 19.2. The molecule has 0 saturated heterocycles. The van der Waals surface area contributed by atoms with Crippen molar-refractivity contribution in [3.05, 3.63) is 34.6 Å². The number of carbonyl (C=O) groups is 2. The van der Waals surface area contributed by atoms with E-state index >= 15 is 0 Å². The first-order chi connectivity index (χ1) is 10.9. The first-order valence-corrected chi connectivity index (χ1v) is 7.92. The molecule has 23 heavy (non-hydrogen) atoms. The summed E-state index contributed by atoms with van der Waals surface area (Å²) in [6, 6.07) is 4.15. The predicted molar refractivity (Wildman–Crippen MR) is 88.8 cm³/mol. The summed E-state index contributed by atoms with van der Waals surface area (Å²) in [5.41, 5.74) is 0.520. The van der Waals surface area contributed by atoms with Crippen LogP contribution >= 0.6 is 11.6 Å². The normalized spacial score (nSPS) is 11.7. The van der Waals surface area contributed by atoms with Crippen molar-refractivity contribution in [3.8, 4) is 0 Å². The van der Waals surface area contributed by atoms with Gasteiger partial charge in [0.25, 0.3) is 0 Å². The summed E-state index contributed by atoms with van der Waals surface area (Å²) in [6.45, 7) is 2.10. The molecule has 0 saturated carbocycles. The second kappa shape index (κ2) is 9.35. The fourth-order valence-electron chi connectivity index (χ4n) is 2.24. The van der Waals surface area contributed by atoms with Crippen molar-refractivity contribution < 1.29 is 14.0 Å². The number of halogens is 2. The van der Waals surface area contributed by atoms with E-state index in [0.717, 1.165) is 6.42 Å².